The molecule has 0 aliphatic heterocycles. The molecule has 1 aromatic heterocycles. The zero-order valence-electron chi connectivity index (χ0n) is 13.6. The molecule has 3 aromatic rings. The number of hydrogen-bond acceptors (Lipinski definition) is 4. The Morgan fingerprint density at radius 2 is 1.71 bits per heavy atom. The molecule has 4 nitrogen and oxygen atoms in total. The zero-order valence-corrected chi connectivity index (χ0v) is 13.6. The van der Waals surface area contributed by atoms with Gasteiger partial charge in [0, 0.05) is 23.4 Å². The molecule has 3 rings (SSSR count). The first kappa shape index (κ1) is 15.9. The van der Waals surface area contributed by atoms with Crippen LogP contribution in [0.4, 0.5) is 21.8 Å². The monoisotopic (exact) mass is 322 g/mol. The van der Waals surface area contributed by atoms with Crippen molar-refractivity contribution in [2.45, 2.75) is 19.9 Å². The topological polar surface area (TPSA) is 49.8 Å². The molecule has 5 heteroatoms. The number of rotatable bonds is 5. The highest BCUT2D eigenvalue weighted by atomic mass is 19.1. The lowest BCUT2D eigenvalue weighted by Crippen LogP contribution is -2.12. The first-order valence-electron chi connectivity index (χ1n) is 7.84. The largest absolute Gasteiger partial charge is 0.368 e. The lowest BCUT2D eigenvalue weighted by atomic mass is 10.1. The van der Waals surface area contributed by atoms with Gasteiger partial charge in [-0.2, -0.15) is 4.98 Å². The summed E-state index contributed by atoms with van der Waals surface area (Å²) in [7, 11) is 0. The van der Waals surface area contributed by atoms with Crippen LogP contribution in [0.5, 0.6) is 0 Å². The molecule has 1 heterocycles. The minimum Gasteiger partial charge on any atom is -0.368 e. The third kappa shape index (κ3) is 4.07. The van der Waals surface area contributed by atoms with Crippen LogP contribution in [0, 0.1) is 5.82 Å². The Bertz CT molecular complexity index is 819. The van der Waals surface area contributed by atoms with Gasteiger partial charge in [0.05, 0.1) is 5.69 Å². The molecule has 0 aliphatic rings. The van der Waals surface area contributed by atoms with Gasteiger partial charge in [-0.1, -0.05) is 36.4 Å². The summed E-state index contributed by atoms with van der Waals surface area (Å²) >= 11 is 0. The smallest absolute Gasteiger partial charge is 0.229 e. The summed E-state index contributed by atoms with van der Waals surface area (Å²) in [5.74, 6) is 0.836. The standard InChI is InChI=1S/C19H19FN4/c1-13(2)21-18-12-17(14-7-4-3-5-8-14)23-19(24-18)22-16-10-6-9-15(20)11-16/h3-13H,1-2H3,(H2,21,22,23,24). The van der Waals surface area contributed by atoms with E-state index in [1.165, 1.54) is 12.1 Å². The second-order valence-electron chi connectivity index (χ2n) is 5.76. The van der Waals surface area contributed by atoms with E-state index in [0.717, 1.165) is 17.1 Å². The van der Waals surface area contributed by atoms with E-state index < -0.39 is 0 Å². The predicted octanol–water partition coefficient (Wildman–Crippen LogP) is 4.85. The van der Waals surface area contributed by atoms with E-state index in [2.05, 4.69) is 20.6 Å². The molecule has 0 saturated carbocycles. The Morgan fingerprint density at radius 3 is 2.42 bits per heavy atom. The lowest BCUT2D eigenvalue weighted by molar-refractivity contribution is 0.628. The molecular weight excluding hydrogens is 303 g/mol. The van der Waals surface area contributed by atoms with E-state index in [4.69, 9.17) is 0 Å². The first-order valence-corrected chi connectivity index (χ1v) is 7.84. The minimum absolute atomic E-state index is 0.241. The summed E-state index contributed by atoms with van der Waals surface area (Å²) in [6.07, 6.45) is 0. The minimum atomic E-state index is -0.306. The number of hydrogen-bond donors (Lipinski definition) is 2. The number of aromatic nitrogens is 2. The predicted molar refractivity (Wildman–Crippen MR) is 95.9 cm³/mol. The number of benzene rings is 2. The quantitative estimate of drug-likeness (QED) is 0.705. The Labute approximate surface area is 140 Å². The number of nitrogens with zero attached hydrogens (tertiary/aromatic N) is 2. The maximum absolute atomic E-state index is 13.4. The fraction of sp³-hybridized carbons (Fsp3) is 0.158. The molecule has 0 bridgehead atoms. The van der Waals surface area contributed by atoms with Crippen LogP contribution in [-0.4, -0.2) is 16.0 Å². The number of nitrogens with one attached hydrogen (secondary N) is 2. The van der Waals surface area contributed by atoms with Gasteiger partial charge in [-0.25, -0.2) is 9.37 Å². The van der Waals surface area contributed by atoms with Crippen LogP contribution in [0.1, 0.15) is 13.8 Å². The van der Waals surface area contributed by atoms with E-state index >= 15 is 0 Å². The highest BCUT2D eigenvalue weighted by molar-refractivity contribution is 5.66. The van der Waals surface area contributed by atoms with Crippen LogP contribution >= 0.6 is 0 Å². The van der Waals surface area contributed by atoms with Crippen molar-refractivity contribution in [3.63, 3.8) is 0 Å². The van der Waals surface area contributed by atoms with Gasteiger partial charge in [0.1, 0.15) is 11.6 Å². The van der Waals surface area contributed by atoms with Crippen molar-refractivity contribution in [3.05, 3.63) is 66.5 Å². The molecule has 0 spiro atoms. The van der Waals surface area contributed by atoms with E-state index in [-0.39, 0.29) is 11.9 Å². The SMILES string of the molecule is CC(C)Nc1cc(-c2ccccc2)nc(Nc2cccc(F)c2)n1. The maximum atomic E-state index is 13.4. The average molecular weight is 322 g/mol. The molecule has 0 unspecified atom stereocenters. The second kappa shape index (κ2) is 7.08. The molecule has 2 N–H and O–H groups in total. The normalized spacial score (nSPS) is 10.7. The summed E-state index contributed by atoms with van der Waals surface area (Å²) < 4.78 is 13.4. The van der Waals surface area contributed by atoms with E-state index in [9.17, 15) is 4.39 Å². The summed E-state index contributed by atoms with van der Waals surface area (Å²) in [5.41, 5.74) is 2.40. The maximum Gasteiger partial charge on any atom is 0.229 e. The molecule has 0 fully saturated rings. The van der Waals surface area contributed by atoms with E-state index in [0.29, 0.717) is 11.6 Å². The highest BCUT2D eigenvalue weighted by Gasteiger charge is 2.08. The third-order valence-electron chi connectivity index (χ3n) is 3.31. The zero-order chi connectivity index (χ0) is 16.9. The summed E-state index contributed by atoms with van der Waals surface area (Å²) in [6, 6.07) is 18.3. The van der Waals surface area contributed by atoms with Crippen LogP contribution in [-0.2, 0) is 0 Å². The Morgan fingerprint density at radius 1 is 0.917 bits per heavy atom. The molecule has 0 atom stereocenters. The lowest BCUT2D eigenvalue weighted by Gasteiger charge is -2.13. The summed E-state index contributed by atoms with van der Waals surface area (Å²) in [6.45, 7) is 4.09. The van der Waals surface area contributed by atoms with E-state index in [1.54, 1.807) is 12.1 Å². The van der Waals surface area contributed by atoms with Crippen molar-refractivity contribution in [1.29, 1.82) is 0 Å². The summed E-state index contributed by atoms with van der Waals surface area (Å²) in [5, 5.41) is 6.35. The van der Waals surface area contributed by atoms with Gasteiger partial charge in [0.15, 0.2) is 0 Å². The van der Waals surface area contributed by atoms with Crippen molar-refractivity contribution in [3.8, 4) is 11.3 Å². The van der Waals surface area contributed by atoms with Crippen LogP contribution in [0.25, 0.3) is 11.3 Å². The molecule has 122 valence electrons. The molecule has 2 aromatic carbocycles. The molecule has 24 heavy (non-hydrogen) atoms. The molecule has 0 aliphatic carbocycles. The number of halogens is 1. The Hall–Kier alpha value is -2.95. The van der Waals surface area contributed by atoms with E-state index in [1.807, 2.05) is 50.2 Å². The first-order chi connectivity index (χ1) is 11.6. The van der Waals surface area contributed by atoms with Crippen molar-refractivity contribution in [2.24, 2.45) is 0 Å². The van der Waals surface area contributed by atoms with Crippen LogP contribution in [0.2, 0.25) is 0 Å². The molecule has 0 radical (unpaired) electrons. The highest BCUT2D eigenvalue weighted by Crippen LogP contribution is 2.23. The van der Waals surface area contributed by atoms with Crippen LogP contribution < -0.4 is 10.6 Å². The van der Waals surface area contributed by atoms with Gasteiger partial charge in [-0.15, -0.1) is 0 Å². The second-order valence-corrected chi connectivity index (χ2v) is 5.76. The van der Waals surface area contributed by atoms with Crippen molar-refractivity contribution >= 4 is 17.5 Å². The Kier molecular flexibility index (Phi) is 4.70. The van der Waals surface area contributed by atoms with Crippen molar-refractivity contribution in [1.82, 2.24) is 9.97 Å². The average Bonchev–Trinajstić information content (AvgIpc) is 2.55. The van der Waals surface area contributed by atoms with Gasteiger partial charge in [0.25, 0.3) is 0 Å². The third-order valence-corrected chi connectivity index (χ3v) is 3.31. The van der Waals surface area contributed by atoms with Crippen LogP contribution in [0.15, 0.2) is 60.7 Å². The van der Waals surface area contributed by atoms with Crippen LogP contribution in [0.3, 0.4) is 0 Å². The van der Waals surface area contributed by atoms with Crippen molar-refractivity contribution in [2.75, 3.05) is 10.6 Å². The van der Waals surface area contributed by atoms with Gasteiger partial charge in [0.2, 0.25) is 5.95 Å². The number of anilines is 3. The fourth-order valence-electron chi connectivity index (χ4n) is 2.32. The molecule has 0 amide bonds. The van der Waals surface area contributed by atoms with Gasteiger partial charge >= 0.3 is 0 Å². The molecule has 0 saturated heterocycles. The summed E-state index contributed by atoms with van der Waals surface area (Å²) in [4.78, 5) is 9.02. The fourth-order valence-corrected chi connectivity index (χ4v) is 2.32. The molecular formula is C19H19FN4. The van der Waals surface area contributed by atoms with Crippen molar-refractivity contribution < 1.29 is 4.39 Å². The Balaban J connectivity index is 1.98. The van der Waals surface area contributed by atoms with Gasteiger partial charge < -0.3 is 10.6 Å². The van der Waals surface area contributed by atoms with Gasteiger partial charge in [-0.05, 0) is 32.0 Å². The van der Waals surface area contributed by atoms with Gasteiger partial charge in [-0.3, -0.25) is 0 Å².